The molecule has 2 heterocycles. The first kappa shape index (κ1) is 14.7. The molecule has 6 heteroatoms. The molecule has 0 aliphatic heterocycles. The number of anilines is 3. The van der Waals surface area contributed by atoms with Gasteiger partial charge in [0.05, 0.1) is 10.2 Å². The largest absolute Gasteiger partial charge is 0.382 e. The third-order valence-corrected chi connectivity index (χ3v) is 4.31. The highest BCUT2D eigenvalue weighted by molar-refractivity contribution is 7.17. The van der Waals surface area contributed by atoms with Gasteiger partial charge in [-0.3, -0.25) is 0 Å². The first-order valence-electron chi connectivity index (χ1n) is 7.13. The lowest BCUT2D eigenvalue weighted by molar-refractivity contribution is 0.413. The second kappa shape index (κ2) is 6.29. The molecule has 2 aromatic heterocycles. The van der Waals surface area contributed by atoms with Crippen LogP contribution in [0.25, 0.3) is 10.2 Å². The summed E-state index contributed by atoms with van der Waals surface area (Å²) in [5, 5.41) is 5.18. The van der Waals surface area contributed by atoms with Crippen LogP contribution >= 0.6 is 11.3 Å². The summed E-state index contributed by atoms with van der Waals surface area (Å²) < 4.78 is 0.935. The molecule has 3 rings (SSSR count). The van der Waals surface area contributed by atoms with Crippen molar-refractivity contribution in [1.82, 2.24) is 14.9 Å². The van der Waals surface area contributed by atoms with Gasteiger partial charge in [-0.1, -0.05) is 12.1 Å². The maximum atomic E-state index is 5.96. The Kier molecular flexibility index (Phi) is 4.22. The van der Waals surface area contributed by atoms with E-state index in [1.165, 1.54) is 5.56 Å². The van der Waals surface area contributed by atoms with Crippen LogP contribution in [0.15, 0.2) is 35.7 Å². The predicted molar refractivity (Wildman–Crippen MR) is 93.8 cm³/mol. The van der Waals surface area contributed by atoms with Crippen LogP contribution < -0.4 is 11.1 Å². The molecule has 3 N–H and O–H groups in total. The van der Waals surface area contributed by atoms with Crippen molar-refractivity contribution in [2.24, 2.45) is 0 Å². The second-order valence-corrected chi connectivity index (χ2v) is 6.36. The van der Waals surface area contributed by atoms with E-state index >= 15 is 0 Å². The summed E-state index contributed by atoms with van der Waals surface area (Å²) >= 11 is 1.56. The summed E-state index contributed by atoms with van der Waals surface area (Å²) in [6.07, 6.45) is 1.04. The van der Waals surface area contributed by atoms with Crippen LogP contribution in [-0.4, -0.2) is 35.5 Å². The molecular formula is C16H19N5S. The van der Waals surface area contributed by atoms with Gasteiger partial charge in [0.2, 0.25) is 5.95 Å². The maximum absolute atomic E-state index is 5.96. The zero-order valence-corrected chi connectivity index (χ0v) is 13.5. The molecule has 3 aromatic rings. The van der Waals surface area contributed by atoms with Crippen molar-refractivity contribution in [1.29, 1.82) is 0 Å². The standard InChI is InChI=1S/C16H19N5S/c1-21(2)9-7-11-3-5-12(6-4-11)18-16-19-13-8-10-22-14(13)15(17)20-16/h3-6,8,10H,7,9H2,1-2H3,(H3,17,18,19,20). The Morgan fingerprint density at radius 1 is 1.14 bits per heavy atom. The van der Waals surface area contributed by atoms with Crippen molar-refractivity contribution in [3.63, 3.8) is 0 Å². The smallest absolute Gasteiger partial charge is 0.229 e. The molecule has 114 valence electrons. The third-order valence-electron chi connectivity index (χ3n) is 3.39. The van der Waals surface area contributed by atoms with Crippen LogP contribution in [0, 0.1) is 0 Å². The molecule has 0 amide bonds. The molecule has 1 aromatic carbocycles. The summed E-state index contributed by atoms with van der Waals surface area (Å²) in [5.74, 6) is 1.05. The number of likely N-dealkylation sites (N-methyl/N-ethyl adjacent to an activating group) is 1. The summed E-state index contributed by atoms with van der Waals surface area (Å²) in [4.78, 5) is 11.0. The van der Waals surface area contributed by atoms with Crippen molar-refractivity contribution in [3.8, 4) is 0 Å². The number of nitrogens with two attached hydrogens (primary N) is 1. The van der Waals surface area contributed by atoms with Gasteiger partial charge in [-0.05, 0) is 49.7 Å². The molecule has 0 unspecified atom stereocenters. The van der Waals surface area contributed by atoms with Crippen LogP contribution in [0.3, 0.4) is 0 Å². The molecule has 0 aliphatic carbocycles. The van der Waals surface area contributed by atoms with Gasteiger partial charge in [-0.2, -0.15) is 4.98 Å². The van der Waals surface area contributed by atoms with E-state index in [1.807, 2.05) is 23.6 Å². The van der Waals surface area contributed by atoms with Crippen LogP contribution in [0.1, 0.15) is 5.56 Å². The first-order chi connectivity index (χ1) is 10.6. The average molecular weight is 313 g/mol. The van der Waals surface area contributed by atoms with E-state index in [0.717, 1.165) is 28.9 Å². The normalized spacial score (nSPS) is 11.2. The Balaban J connectivity index is 1.74. The highest BCUT2D eigenvalue weighted by Gasteiger charge is 2.06. The topological polar surface area (TPSA) is 67.1 Å². The minimum Gasteiger partial charge on any atom is -0.382 e. The van der Waals surface area contributed by atoms with Gasteiger partial charge in [-0.15, -0.1) is 11.3 Å². The first-order valence-corrected chi connectivity index (χ1v) is 8.01. The van der Waals surface area contributed by atoms with Crippen LogP contribution in [0.5, 0.6) is 0 Å². The molecule has 0 fully saturated rings. The number of thiophene rings is 1. The fraction of sp³-hybridized carbons (Fsp3) is 0.250. The highest BCUT2D eigenvalue weighted by Crippen LogP contribution is 2.26. The van der Waals surface area contributed by atoms with E-state index in [1.54, 1.807) is 11.3 Å². The third kappa shape index (κ3) is 3.35. The zero-order chi connectivity index (χ0) is 15.5. The van der Waals surface area contributed by atoms with Gasteiger partial charge in [0.1, 0.15) is 5.82 Å². The summed E-state index contributed by atoms with van der Waals surface area (Å²) in [6.45, 7) is 1.04. The van der Waals surface area contributed by atoms with E-state index in [9.17, 15) is 0 Å². The molecular weight excluding hydrogens is 294 g/mol. The van der Waals surface area contributed by atoms with E-state index in [2.05, 4.69) is 46.4 Å². The Bertz CT molecular complexity index is 764. The minimum atomic E-state index is 0.519. The van der Waals surface area contributed by atoms with Crippen LogP contribution in [0.4, 0.5) is 17.5 Å². The van der Waals surface area contributed by atoms with Crippen molar-refractivity contribution < 1.29 is 0 Å². The minimum absolute atomic E-state index is 0.519. The van der Waals surface area contributed by atoms with Gasteiger partial charge in [0.25, 0.3) is 0 Å². The van der Waals surface area contributed by atoms with Crippen molar-refractivity contribution in [3.05, 3.63) is 41.3 Å². The Hall–Kier alpha value is -2.18. The number of rotatable bonds is 5. The van der Waals surface area contributed by atoms with E-state index < -0.39 is 0 Å². The number of hydrogen-bond donors (Lipinski definition) is 2. The Labute approximate surface area is 133 Å². The average Bonchev–Trinajstić information content (AvgIpc) is 2.95. The number of fused-ring (bicyclic) bond motifs is 1. The second-order valence-electron chi connectivity index (χ2n) is 5.44. The quantitative estimate of drug-likeness (QED) is 0.757. The number of aromatic nitrogens is 2. The van der Waals surface area contributed by atoms with Crippen molar-refractivity contribution >= 4 is 39.0 Å². The summed E-state index contributed by atoms with van der Waals surface area (Å²) in [6, 6.07) is 10.3. The number of nitrogens with zero attached hydrogens (tertiary/aromatic N) is 3. The molecule has 0 aliphatic rings. The number of hydrogen-bond acceptors (Lipinski definition) is 6. The Morgan fingerprint density at radius 2 is 1.91 bits per heavy atom. The molecule has 0 saturated carbocycles. The van der Waals surface area contributed by atoms with Gasteiger partial charge in [0, 0.05) is 12.2 Å². The summed E-state index contributed by atoms with van der Waals surface area (Å²) in [7, 11) is 4.16. The Morgan fingerprint density at radius 3 is 2.64 bits per heavy atom. The molecule has 0 bridgehead atoms. The number of benzene rings is 1. The van der Waals surface area contributed by atoms with Crippen LogP contribution in [0.2, 0.25) is 0 Å². The highest BCUT2D eigenvalue weighted by atomic mass is 32.1. The molecule has 0 atom stereocenters. The van der Waals surface area contributed by atoms with Gasteiger partial charge in [-0.25, -0.2) is 4.98 Å². The van der Waals surface area contributed by atoms with E-state index in [4.69, 9.17) is 5.73 Å². The lowest BCUT2D eigenvalue weighted by Gasteiger charge is -2.10. The fourth-order valence-electron chi connectivity index (χ4n) is 2.18. The predicted octanol–water partition coefficient (Wildman–Crippen LogP) is 3.12. The lowest BCUT2D eigenvalue weighted by atomic mass is 10.1. The number of nitrogens with one attached hydrogen (secondary N) is 1. The SMILES string of the molecule is CN(C)CCc1ccc(Nc2nc(N)c3sccc3n2)cc1. The monoisotopic (exact) mass is 313 g/mol. The van der Waals surface area contributed by atoms with Gasteiger partial charge >= 0.3 is 0 Å². The fourth-order valence-corrected chi connectivity index (χ4v) is 2.91. The summed E-state index contributed by atoms with van der Waals surface area (Å²) in [5.41, 5.74) is 9.11. The van der Waals surface area contributed by atoms with Crippen molar-refractivity contribution in [2.75, 3.05) is 31.7 Å². The molecule has 22 heavy (non-hydrogen) atoms. The molecule has 0 saturated heterocycles. The van der Waals surface area contributed by atoms with Gasteiger partial charge < -0.3 is 16.0 Å². The van der Waals surface area contributed by atoms with E-state index in [0.29, 0.717) is 11.8 Å². The number of nitrogen functional groups attached to an aromatic ring is 1. The van der Waals surface area contributed by atoms with Gasteiger partial charge in [0.15, 0.2) is 0 Å². The lowest BCUT2D eigenvalue weighted by Crippen LogP contribution is -2.14. The zero-order valence-electron chi connectivity index (χ0n) is 12.7. The van der Waals surface area contributed by atoms with Crippen molar-refractivity contribution in [2.45, 2.75) is 6.42 Å². The molecule has 0 radical (unpaired) electrons. The van der Waals surface area contributed by atoms with Crippen LogP contribution in [-0.2, 0) is 6.42 Å². The molecule has 0 spiro atoms. The molecule has 5 nitrogen and oxygen atoms in total. The maximum Gasteiger partial charge on any atom is 0.229 e. The van der Waals surface area contributed by atoms with E-state index in [-0.39, 0.29) is 0 Å².